The van der Waals surface area contributed by atoms with Crippen molar-refractivity contribution in [3.05, 3.63) is 307 Å². The van der Waals surface area contributed by atoms with Crippen LogP contribution in [0.15, 0.2) is 290 Å². The highest BCUT2D eigenvalue weighted by molar-refractivity contribution is 6.23. The van der Waals surface area contributed by atoms with Gasteiger partial charge in [0, 0.05) is 17.1 Å². The lowest BCUT2D eigenvalue weighted by atomic mass is 9.81. The van der Waals surface area contributed by atoms with Crippen LogP contribution in [0, 0.1) is 0 Å². The molecule has 12 aromatic carbocycles. The second-order valence-electron chi connectivity index (χ2n) is 19.5. The molecule has 3 aliphatic rings. The molecule has 0 radical (unpaired) electrons. The zero-order chi connectivity index (χ0) is 48.0. The molecule has 0 unspecified atom stereocenters. The van der Waals surface area contributed by atoms with Crippen molar-refractivity contribution in [2.24, 2.45) is 0 Å². The van der Waals surface area contributed by atoms with E-state index < -0.39 is 0 Å². The molecule has 0 N–H and O–H groups in total. The largest absolute Gasteiger partial charge is 0.310 e. The normalized spacial score (nSPS) is 14.2. The zero-order valence-corrected chi connectivity index (χ0v) is 39.9. The van der Waals surface area contributed by atoms with Gasteiger partial charge < -0.3 is 4.90 Å². The molecule has 3 aliphatic heterocycles. The zero-order valence-electron chi connectivity index (χ0n) is 39.9. The lowest BCUT2D eigenvalue weighted by molar-refractivity contribution is 0.567. The molecule has 0 aromatic heterocycles. The molecule has 73 heavy (non-hydrogen) atoms. The minimum atomic E-state index is 1.14. The molecule has 0 spiro atoms. The summed E-state index contributed by atoms with van der Waals surface area (Å²) in [6, 6.07) is 86.8. The highest BCUT2D eigenvalue weighted by atomic mass is 15.2. The Bertz CT molecular complexity index is 3870. The van der Waals surface area contributed by atoms with Crippen LogP contribution in [0.4, 0.5) is 0 Å². The molecule has 0 atom stereocenters. The van der Waals surface area contributed by atoms with Crippen molar-refractivity contribution in [3.63, 3.8) is 0 Å². The Morgan fingerprint density at radius 3 is 0.548 bits per heavy atom. The number of rotatable bonds is 6. The number of hydrogen-bond donors (Lipinski definition) is 0. The Kier molecular flexibility index (Phi) is 9.33. The maximum absolute atomic E-state index is 2.48. The lowest BCUT2D eigenvalue weighted by Gasteiger charge is -2.38. The third kappa shape index (κ3) is 6.42. The van der Waals surface area contributed by atoms with Crippen LogP contribution in [0.2, 0.25) is 0 Å². The molecule has 1 heteroatoms. The summed E-state index contributed by atoms with van der Waals surface area (Å²) in [7, 11) is 0. The van der Waals surface area contributed by atoms with Gasteiger partial charge in [0.1, 0.15) is 0 Å². The Balaban J connectivity index is 1.04. The summed E-state index contributed by atoms with van der Waals surface area (Å²) in [5.74, 6) is 0. The number of benzene rings is 12. The van der Waals surface area contributed by atoms with Crippen LogP contribution in [0.3, 0.4) is 0 Å². The molecule has 12 aromatic rings. The molecule has 0 fully saturated rings. The summed E-state index contributed by atoms with van der Waals surface area (Å²) in [5.41, 5.74) is 18.2. The SMILES string of the molecule is C1=C(c2c3ccccc3c(-c3ccccc3)c3ccccc23)C=C2C=C(c3c4ccccc4c(-c4ccccc4)c4ccccc34)C=C3C=C(c4c5ccccc5c(-c5ccccc5)c5ccccc45)C=C1N23. The summed E-state index contributed by atoms with van der Waals surface area (Å²) in [6.07, 6.45) is 14.7. The molecule has 0 amide bonds. The Morgan fingerprint density at radius 2 is 0.342 bits per heavy atom. The van der Waals surface area contributed by atoms with E-state index in [0.29, 0.717) is 0 Å². The standard InChI is InChI=1S/C72H45N/c1-4-22-46(23-5-1)67-55-28-10-16-34-61(55)70(62-35-17-11-29-56(62)67)49-40-52-42-50(71-63-36-18-12-30-57(63)68(47-24-6-2-7-25-47)58-31-13-19-37-64(58)71)44-54-45-51(43-53(41-49)73(52)54)72-65-38-20-14-32-59(65)69(48-26-8-3-9-27-48)60-33-15-21-39-66(60)72/h1-45H. The van der Waals surface area contributed by atoms with Crippen LogP contribution >= 0.6 is 0 Å². The third-order valence-corrected chi connectivity index (χ3v) is 15.4. The predicted octanol–water partition coefficient (Wildman–Crippen LogP) is 19.2. The molecule has 1 nitrogen and oxygen atoms in total. The predicted molar refractivity (Wildman–Crippen MR) is 311 cm³/mol. The van der Waals surface area contributed by atoms with Gasteiger partial charge >= 0.3 is 0 Å². The molecule has 15 rings (SSSR count). The van der Waals surface area contributed by atoms with Crippen LogP contribution < -0.4 is 0 Å². The Morgan fingerprint density at radius 1 is 0.164 bits per heavy atom. The van der Waals surface area contributed by atoms with Crippen LogP contribution in [0.5, 0.6) is 0 Å². The molecule has 338 valence electrons. The number of allylic oxidation sites excluding steroid dienone is 9. The highest BCUT2D eigenvalue weighted by Crippen LogP contribution is 2.51. The van der Waals surface area contributed by atoms with Crippen LogP contribution in [-0.4, -0.2) is 4.90 Å². The fourth-order valence-electron chi connectivity index (χ4n) is 12.5. The first-order valence-electron chi connectivity index (χ1n) is 25.3. The Hall–Kier alpha value is -9.56. The van der Waals surface area contributed by atoms with E-state index in [2.05, 4.69) is 278 Å². The summed E-state index contributed by atoms with van der Waals surface area (Å²) in [4.78, 5) is 2.48. The van der Waals surface area contributed by atoms with Gasteiger partial charge in [-0.15, -0.1) is 0 Å². The van der Waals surface area contributed by atoms with Crippen LogP contribution in [0.1, 0.15) is 16.7 Å². The van der Waals surface area contributed by atoms with Crippen molar-refractivity contribution < 1.29 is 0 Å². The first kappa shape index (κ1) is 41.2. The summed E-state index contributed by atoms with van der Waals surface area (Å²) in [5, 5.41) is 14.9. The fraction of sp³-hybridized carbons (Fsp3) is 0. The first-order valence-corrected chi connectivity index (χ1v) is 25.3. The second-order valence-corrected chi connectivity index (χ2v) is 19.5. The van der Waals surface area contributed by atoms with Crippen molar-refractivity contribution >= 4 is 81.4 Å². The summed E-state index contributed by atoms with van der Waals surface area (Å²) in [6.45, 7) is 0. The molecule has 0 saturated heterocycles. The van der Waals surface area contributed by atoms with Crippen molar-refractivity contribution in [1.29, 1.82) is 0 Å². The van der Waals surface area contributed by atoms with E-state index in [1.807, 2.05) is 0 Å². The topological polar surface area (TPSA) is 3.24 Å². The van der Waals surface area contributed by atoms with E-state index in [0.717, 1.165) is 17.1 Å². The maximum Gasteiger partial charge on any atom is 0.0474 e. The van der Waals surface area contributed by atoms with E-state index in [1.54, 1.807) is 0 Å². The van der Waals surface area contributed by atoms with Crippen molar-refractivity contribution in [2.75, 3.05) is 0 Å². The minimum absolute atomic E-state index is 1.14. The quantitative estimate of drug-likeness (QED) is 0.150. The van der Waals surface area contributed by atoms with Crippen molar-refractivity contribution in [1.82, 2.24) is 4.90 Å². The lowest BCUT2D eigenvalue weighted by Crippen LogP contribution is -2.26. The van der Waals surface area contributed by atoms with E-state index in [4.69, 9.17) is 0 Å². The van der Waals surface area contributed by atoms with Gasteiger partial charge in [-0.3, -0.25) is 0 Å². The molecule has 0 saturated carbocycles. The molecular formula is C72H45N. The van der Waals surface area contributed by atoms with Gasteiger partial charge in [0.05, 0.1) is 0 Å². The number of hydrogen-bond acceptors (Lipinski definition) is 1. The first-order chi connectivity index (χ1) is 36.2. The van der Waals surface area contributed by atoms with Gasteiger partial charge in [0.25, 0.3) is 0 Å². The minimum Gasteiger partial charge on any atom is -0.310 e. The third-order valence-electron chi connectivity index (χ3n) is 15.4. The maximum atomic E-state index is 2.48. The van der Waals surface area contributed by atoms with Gasteiger partial charge in [-0.2, -0.15) is 0 Å². The number of fused-ring (bicyclic) bond motifs is 6. The van der Waals surface area contributed by atoms with E-state index in [1.165, 1.54) is 131 Å². The van der Waals surface area contributed by atoms with Gasteiger partial charge in [0.2, 0.25) is 0 Å². The molecule has 3 heterocycles. The highest BCUT2D eigenvalue weighted by Gasteiger charge is 2.32. The van der Waals surface area contributed by atoms with E-state index >= 15 is 0 Å². The van der Waals surface area contributed by atoms with Gasteiger partial charge in [-0.05, 0) is 168 Å². The average Bonchev–Trinajstić information content (AvgIpc) is 3.45. The summed E-state index contributed by atoms with van der Waals surface area (Å²) < 4.78 is 0. The monoisotopic (exact) mass is 923 g/mol. The van der Waals surface area contributed by atoms with E-state index in [9.17, 15) is 0 Å². The van der Waals surface area contributed by atoms with Crippen LogP contribution in [-0.2, 0) is 0 Å². The van der Waals surface area contributed by atoms with Crippen LogP contribution in [0.25, 0.3) is 115 Å². The smallest absolute Gasteiger partial charge is 0.0474 e. The number of nitrogens with zero attached hydrogens (tertiary/aromatic N) is 1. The molecule has 0 aliphatic carbocycles. The molecule has 0 bridgehead atoms. The van der Waals surface area contributed by atoms with Gasteiger partial charge in [0.15, 0.2) is 0 Å². The van der Waals surface area contributed by atoms with Gasteiger partial charge in [-0.25, -0.2) is 0 Å². The second kappa shape index (κ2) is 16.5. The summed E-state index contributed by atoms with van der Waals surface area (Å²) >= 11 is 0. The molecular weight excluding hydrogens is 879 g/mol. The van der Waals surface area contributed by atoms with Crippen molar-refractivity contribution in [3.8, 4) is 33.4 Å². The Labute approximate surface area is 424 Å². The van der Waals surface area contributed by atoms with E-state index in [-0.39, 0.29) is 0 Å². The van der Waals surface area contributed by atoms with Crippen molar-refractivity contribution in [2.45, 2.75) is 0 Å². The fourth-order valence-corrected chi connectivity index (χ4v) is 12.5. The average molecular weight is 924 g/mol. The van der Waals surface area contributed by atoms with Gasteiger partial charge in [-0.1, -0.05) is 237 Å².